The van der Waals surface area contributed by atoms with E-state index in [4.69, 9.17) is 9.15 Å². The van der Waals surface area contributed by atoms with Crippen LogP contribution in [0.1, 0.15) is 38.3 Å². The molecule has 5 nitrogen and oxygen atoms in total. The van der Waals surface area contributed by atoms with Gasteiger partial charge in [0.25, 0.3) is 0 Å². The summed E-state index contributed by atoms with van der Waals surface area (Å²) in [6.45, 7) is 7.01. The van der Waals surface area contributed by atoms with Crippen molar-refractivity contribution in [2.45, 2.75) is 39.3 Å². The summed E-state index contributed by atoms with van der Waals surface area (Å²) in [5.74, 6) is 1.07. The van der Waals surface area contributed by atoms with Crippen LogP contribution in [0.4, 0.5) is 4.79 Å². The molecule has 1 atom stereocenters. The Morgan fingerprint density at radius 2 is 2.12 bits per heavy atom. The Kier molecular flexibility index (Phi) is 3.93. The molecule has 0 saturated carbocycles. The van der Waals surface area contributed by atoms with Crippen LogP contribution in [0.3, 0.4) is 0 Å². The van der Waals surface area contributed by atoms with Gasteiger partial charge in [-0.1, -0.05) is 0 Å². The maximum atomic E-state index is 11.5. The van der Waals surface area contributed by atoms with E-state index in [2.05, 4.69) is 5.32 Å². The summed E-state index contributed by atoms with van der Waals surface area (Å²) in [6.07, 6.45) is -0.0500. The van der Waals surface area contributed by atoms with Crippen molar-refractivity contribution in [3.63, 3.8) is 0 Å². The van der Waals surface area contributed by atoms with Crippen LogP contribution in [-0.2, 0) is 9.53 Å². The number of nitrogens with one attached hydrogen (secondary N) is 1. The first-order chi connectivity index (χ1) is 7.81. The minimum absolute atomic E-state index is 0.392. The normalized spacial score (nSPS) is 12.9. The Bertz CT molecular complexity index is 403. The molecule has 0 bridgehead atoms. The fraction of sp³-hybridized carbons (Fsp3) is 0.500. The fourth-order valence-electron chi connectivity index (χ4n) is 1.23. The first-order valence-corrected chi connectivity index (χ1v) is 5.33. The van der Waals surface area contributed by atoms with Crippen molar-refractivity contribution in [2.24, 2.45) is 0 Å². The Morgan fingerprint density at radius 1 is 1.47 bits per heavy atom. The number of aryl methyl sites for hydroxylation is 1. The van der Waals surface area contributed by atoms with Crippen LogP contribution in [0, 0.1) is 6.92 Å². The summed E-state index contributed by atoms with van der Waals surface area (Å²) in [6, 6.07) is 2.55. The molecule has 1 rings (SSSR count). The lowest BCUT2D eigenvalue weighted by Gasteiger charge is -2.20. The quantitative estimate of drug-likeness (QED) is 0.822. The molecule has 94 valence electrons. The van der Waals surface area contributed by atoms with Crippen molar-refractivity contribution in [2.75, 3.05) is 0 Å². The highest BCUT2D eigenvalue weighted by Crippen LogP contribution is 2.15. The molecule has 0 spiro atoms. The number of hydrogen-bond acceptors (Lipinski definition) is 4. The molecule has 5 heteroatoms. The van der Waals surface area contributed by atoms with Crippen LogP contribution >= 0.6 is 0 Å². The van der Waals surface area contributed by atoms with Crippen LogP contribution < -0.4 is 5.32 Å². The number of rotatable bonds is 3. The van der Waals surface area contributed by atoms with Gasteiger partial charge in [0, 0.05) is 0 Å². The van der Waals surface area contributed by atoms with Gasteiger partial charge >= 0.3 is 6.09 Å². The summed E-state index contributed by atoms with van der Waals surface area (Å²) < 4.78 is 10.3. The number of aldehydes is 1. The van der Waals surface area contributed by atoms with Crippen molar-refractivity contribution >= 4 is 12.4 Å². The Morgan fingerprint density at radius 3 is 2.53 bits per heavy atom. The third-order valence-corrected chi connectivity index (χ3v) is 1.88. The first-order valence-electron chi connectivity index (χ1n) is 5.33. The molecule has 0 aliphatic rings. The largest absolute Gasteiger partial charge is 0.464 e. The average molecular weight is 239 g/mol. The molecule has 1 N–H and O–H groups in total. The Hall–Kier alpha value is -1.78. The van der Waals surface area contributed by atoms with Crippen molar-refractivity contribution < 1.29 is 18.7 Å². The van der Waals surface area contributed by atoms with Gasteiger partial charge < -0.3 is 19.3 Å². The van der Waals surface area contributed by atoms with E-state index >= 15 is 0 Å². The van der Waals surface area contributed by atoms with E-state index in [1.165, 1.54) is 0 Å². The molecule has 0 fully saturated rings. The van der Waals surface area contributed by atoms with E-state index in [0.29, 0.717) is 17.8 Å². The van der Waals surface area contributed by atoms with Crippen molar-refractivity contribution in [3.05, 3.63) is 23.7 Å². The summed E-state index contributed by atoms with van der Waals surface area (Å²) in [5.41, 5.74) is -0.601. The number of carbonyl (C=O) groups is 2. The molecule has 0 radical (unpaired) electrons. The molecule has 0 saturated heterocycles. The topological polar surface area (TPSA) is 68.5 Å². The minimum Gasteiger partial charge on any atom is -0.464 e. The van der Waals surface area contributed by atoms with Gasteiger partial charge in [-0.05, 0) is 39.8 Å². The van der Waals surface area contributed by atoms with Crippen LogP contribution in [0.25, 0.3) is 0 Å². The van der Waals surface area contributed by atoms with E-state index in [0.717, 1.165) is 0 Å². The zero-order chi connectivity index (χ0) is 13.1. The molecular formula is C12H17NO4. The smallest absolute Gasteiger partial charge is 0.408 e. The number of alkyl carbamates (subject to hydrolysis) is 1. The predicted molar refractivity (Wildman–Crippen MR) is 61.6 cm³/mol. The third-order valence-electron chi connectivity index (χ3n) is 1.88. The highest BCUT2D eigenvalue weighted by Gasteiger charge is 2.21. The van der Waals surface area contributed by atoms with E-state index in [9.17, 15) is 9.59 Å². The molecule has 0 aliphatic carbocycles. The zero-order valence-electron chi connectivity index (χ0n) is 10.4. The third kappa shape index (κ3) is 4.30. The Labute approximate surface area is 100 Å². The number of hydrogen-bond donors (Lipinski definition) is 1. The number of carbonyl (C=O) groups excluding carboxylic acids is 2. The first kappa shape index (κ1) is 13.3. The second-order valence-corrected chi connectivity index (χ2v) is 4.71. The zero-order valence-corrected chi connectivity index (χ0v) is 10.4. The van der Waals surface area contributed by atoms with Crippen molar-refractivity contribution in [3.8, 4) is 0 Å². The highest BCUT2D eigenvalue weighted by atomic mass is 16.6. The number of furan rings is 1. The van der Waals surface area contributed by atoms with E-state index in [-0.39, 0.29) is 0 Å². The molecule has 1 amide bonds. The minimum atomic E-state index is -0.821. The van der Waals surface area contributed by atoms with Gasteiger partial charge in [-0.25, -0.2) is 4.79 Å². The van der Waals surface area contributed by atoms with Gasteiger partial charge in [0.2, 0.25) is 0 Å². The summed E-state index contributed by atoms with van der Waals surface area (Å²) in [7, 11) is 0. The van der Waals surface area contributed by atoms with Crippen LogP contribution in [0.2, 0.25) is 0 Å². The predicted octanol–water partition coefficient (Wildman–Crippen LogP) is 2.35. The van der Waals surface area contributed by atoms with Crippen molar-refractivity contribution in [1.82, 2.24) is 5.32 Å². The van der Waals surface area contributed by atoms with E-state index in [1.54, 1.807) is 39.8 Å². The second-order valence-electron chi connectivity index (χ2n) is 4.71. The van der Waals surface area contributed by atoms with Crippen LogP contribution in [0.15, 0.2) is 16.5 Å². The Balaban J connectivity index is 2.65. The molecule has 1 heterocycles. The molecule has 0 aromatic carbocycles. The molecular weight excluding hydrogens is 222 g/mol. The molecule has 1 aromatic rings. The summed E-state index contributed by atoms with van der Waals surface area (Å²) >= 11 is 0. The lowest BCUT2D eigenvalue weighted by atomic mass is 10.2. The standard InChI is InChI=1S/C12H17NO4/c1-8-5-6-10(16-8)9(7-14)13-11(15)17-12(2,3)4/h5-7,9H,1-4H3,(H,13,15). The number of amides is 1. The molecule has 0 aliphatic heterocycles. The maximum Gasteiger partial charge on any atom is 0.408 e. The summed E-state index contributed by atoms with van der Waals surface area (Å²) in [4.78, 5) is 22.4. The van der Waals surface area contributed by atoms with Crippen LogP contribution in [-0.4, -0.2) is 18.0 Å². The highest BCUT2D eigenvalue weighted by molar-refractivity contribution is 5.74. The molecule has 17 heavy (non-hydrogen) atoms. The monoisotopic (exact) mass is 239 g/mol. The average Bonchev–Trinajstić information content (AvgIpc) is 2.58. The van der Waals surface area contributed by atoms with Gasteiger partial charge in [-0.3, -0.25) is 0 Å². The van der Waals surface area contributed by atoms with Gasteiger partial charge in [0.05, 0.1) is 0 Å². The van der Waals surface area contributed by atoms with E-state index < -0.39 is 17.7 Å². The second kappa shape index (κ2) is 5.03. The fourth-order valence-corrected chi connectivity index (χ4v) is 1.23. The number of ether oxygens (including phenoxy) is 1. The lowest BCUT2D eigenvalue weighted by molar-refractivity contribution is -0.110. The van der Waals surface area contributed by atoms with Gasteiger partial charge in [0.15, 0.2) is 0 Å². The maximum absolute atomic E-state index is 11.5. The lowest BCUT2D eigenvalue weighted by Crippen LogP contribution is -2.35. The summed E-state index contributed by atoms with van der Waals surface area (Å²) in [5, 5.41) is 2.43. The molecule has 1 unspecified atom stereocenters. The molecule has 1 aromatic heterocycles. The van der Waals surface area contributed by atoms with Crippen LogP contribution in [0.5, 0.6) is 0 Å². The van der Waals surface area contributed by atoms with Gasteiger partial charge in [-0.2, -0.15) is 0 Å². The van der Waals surface area contributed by atoms with Gasteiger partial charge in [0.1, 0.15) is 29.4 Å². The van der Waals surface area contributed by atoms with Gasteiger partial charge in [-0.15, -0.1) is 0 Å². The van der Waals surface area contributed by atoms with Crippen molar-refractivity contribution in [1.29, 1.82) is 0 Å². The van der Waals surface area contributed by atoms with E-state index in [1.807, 2.05) is 0 Å². The SMILES string of the molecule is Cc1ccc(C(C=O)NC(=O)OC(C)(C)C)o1.